The molecule has 9 heteroatoms. The van der Waals surface area contributed by atoms with Gasteiger partial charge in [-0.15, -0.1) is 0 Å². The van der Waals surface area contributed by atoms with E-state index in [-0.39, 0.29) is 29.3 Å². The molecular formula is C23H32N5O4+. The summed E-state index contributed by atoms with van der Waals surface area (Å²) in [6.07, 6.45) is 9.35. The number of nitrogens with one attached hydrogen (secondary N) is 2. The van der Waals surface area contributed by atoms with E-state index in [1.807, 2.05) is 24.8 Å². The number of hydrogen-bond donors (Lipinski definition) is 3. The second-order valence-corrected chi connectivity index (χ2v) is 9.35. The number of aromatic amines is 1. The van der Waals surface area contributed by atoms with Crippen LogP contribution in [-0.4, -0.2) is 50.6 Å². The second kappa shape index (κ2) is 8.80. The fourth-order valence-corrected chi connectivity index (χ4v) is 4.25. The molecule has 0 atom stereocenters. The number of nitrogens with zero attached hydrogens (tertiary/aromatic N) is 3. The highest BCUT2D eigenvalue weighted by molar-refractivity contribution is 5.96. The molecule has 1 aliphatic heterocycles. The van der Waals surface area contributed by atoms with Gasteiger partial charge < -0.3 is 15.3 Å². The monoisotopic (exact) mass is 442 g/mol. The van der Waals surface area contributed by atoms with Gasteiger partial charge in [0.25, 0.3) is 5.91 Å². The number of fused-ring (bicyclic) bond motifs is 1. The van der Waals surface area contributed by atoms with Crippen LogP contribution < -0.4 is 15.4 Å². The Hall–Kier alpha value is -3.10. The number of allylic oxidation sites excluding steroid dienone is 1. The Balaban J connectivity index is 1.69. The first-order chi connectivity index (χ1) is 15.3. The molecule has 172 valence electrons. The van der Waals surface area contributed by atoms with Crippen LogP contribution in [0.3, 0.4) is 0 Å². The van der Waals surface area contributed by atoms with Crippen LogP contribution in [0.15, 0.2) is 17.1 Å². The van der Waals surface area contributed by atoms with Crippen molar-refractivity contribution >= 4 is 23.5 Å². The SMILES string of the molecule is CC(=O)N1CCC(/C=C/c2c[nH]n3c(=O)c(C(=O)NC4CC4)c(O)[n+](CC(C)C)c23)CC1. The Bertz CT molecular complexity index is 1120. The first kappa shape index (κ1) is 22.1. The maximum atomic E-state index is 13.1. The van der Waals surface area contributed by atoms with Crippen LogP contribution in [0.4, 0.5) is 0 Å². The summed E-state index contributed by atoms with van der Waals surface area (Å²) in [5.41, 5.74) is 0.497. The Morgan fingerprint density at radius 2 is 1.97 bits per heavy atom. The predicted molar refractivity (Wildman–Crippen MR) is 119 cm³/mol. The molecule has 9 nitrogen and oxygen atoms in total. The maximum absolute atomic E-state index is 13.1. The van der Waals surface area contributed by atoms with E-state index in [0.29, 0.717) is 18.1 Å². The summed E-state index contributed by atoms with van der Waals surface area (Å²) in [6.45, 7) is 7.57. The molecule has 4 rings (SSSR count). The van der Waals surface area contributed by atoms with E-state index in [1.165, 1.54) is 4.52 Å². The zero-order valence-corrected chi connectivity index (χ0v) is 18.9. The molecule has 0 bridgehead atoms. The molecule has 0 radical (unpaired) electrons. The highest BCUT2D eigenvalue weighted by atomic mass is 16.3. The third kappa shape index (κ3) is 4.42. The quantitative estimate of drug-likeness (QED) is 0.588. The third-order valence-corrected chi connectivity index (χ3v) is 6.19. The van der Waals surface area contributed by atoms with Gasteiger partial charge in [-0.3, -0.25) is 9.59 Å². The standard InChI is InChI=1S/C23H31N5O4/c1-14(2)13-27-21-17(5-4-16-8-10-26(11-9-16)15(3)29)12-24-28(21)23(32)19(22(27)31)20(30)25-18-6-7-18/h4-5,12,14,16,18H,6-11,13H2,1-3H3,(H2,25,30,31,32)/p+1/b5-4+. The summed E-state index contributed by atoms with van der Waals surface area (Å²) in [5.74, 6) is -0.205. The number of rotatable bonds is 6. The van der Waals surface area contributed by atoms with Crippen molar-refractivity contribution in [2.24, 2.45) is 11.8 Å². The highest BCUT2D eigenvalue weighted by Gasteiger charge is 2.34. The number of aromatic nitrogens is 3. The largest absolute Gasteiger partial charge is 0.477 e. The van der Waals surface area contributed by atoms with Crippen LogP contribution in [0, 0.1) is 11.8 Å². The van der Waals surface area contributed by atoms with Crippen LogP contribution in [0.25, 0.3) is 11.7 Å². The molecule has 1 aliphatic carbocycles. The van der Waals surface area contributed by atoms with Gasteiger partial charge in [-0.05, 0) is 43.6 Å². The minimum Gasteiger partial charge on any atom is -0.477 e. The molecule has 0 unspecified atom stereocenters. The molecule has 3 heterocycles. The summed E-state index contributed by atoms with van der Waals surface area (Å²) in [6, 6.07) is 0.0806. The smallest absolute Gasteiger partial charge is 0.378 e. The van der Waals surface area contributed by atoms with E-state index >= 15 is 0 Å². The molecule has 1 saturated heterocycles. The number of amides is 2. The Labute approximate surface area is 186 Å². The number of carbonyl (C=O) groups is 2. The van der Waals surface area contributed by atoms with Gasteiger partial charge in [0.1, 0.15) is 0 Å². The number of piperidine rings is 1. The van der Waals surface area contributed by atoms with E-state index in [1.54, 1.807) is 17.7 Å². The topological polar surface area (TPSA) is 111 Å². The molecule has 2 aliphatic rings. The van der Waals surface area contributed by atoms with Gasteiger partial charge in [0.05, 0.1) is 18.3 Å². The number of H-pyrrole nitrogens is 1. The average molecular weight is 443 g/mol. The van der Waals surface area contributed by atoms with Gasteiger partial charge in [0.15, 0.2) is 0 Å². The van der Waals surface area contributed by atoms with Gasteiger partial charge in [-0.25, -0.2) is 9.89 Å². The molecule has 0 aromatic carbocycles. The first-order valence-corrected chi connectivity index (χ1v) is 11.4. The normalized spacial score (nSPS) is 17.6. The fraction of sp³-hybridized carbons (Fsp3) is 0.565. The van der Waals surface area contributed by atoms with E-state index < -0.39 is 11.5 Å². The van der Waals surface area contributed by atoms with Crippen LogP contribution in [-0.2, 0) is 11.3 Å². The number of carbonyl (C=O) groups excluding carboxylic acids is 2. The lowest BCUT2D eigenvalue weighted by molar-refractivity contribution is -0.686. The van der Waals surface area contributed by atoms with Crippen LogP contribution in [0.5, 0.6) is 5.88 Å². The van der Waals surface area contributed by atoms with Gasteiger partial charge >= 0.3 is 17.1 Å². The third-order valence-electron chi connectivity index (χ3n) is 6.19. The van der Waals surface area contributed by atoms with Crippen LogP contribution in [0.1, 0.15) is 62.4 Å². The van der Waals surface area contributed by atoms with Gasteiger partial charge in [-0.1, -0.05) is 24.4 Å². The average Bonchev–Trinajstić information content (AvgIpc) is 3.45. The van der Waals surface area contributed by atoms with Crippen LogP contribution in [0.2, 0.25) is 0 Å². The van der Waals surface area contributed by atoms with Gasteiger partial charge in [0, 0.05) is 26.1 Å². The van der Waals surface area contributed by atoms with Gasteiger partial charge in [0.2, 0.25) is 11.5 Å². The van der Waals surface area contributed by atoms with E-state index in [4.69, 9.17) is 0 Å². The number of aromatic hydroxyl groups is 1. The van der Waals surface area contributed by atoms with Crippen LogP contribution >= 0.6 is 0 Å². The fourth-order valence-electron chi connectivity index (χ4n) is 4.25. The van der Waals surface area contributed by atoms with E-state index in [2.05, 4.69) is 16.5 Å². The first-order valence-electron chi connectivity index (χ1n) is 11.4. The second-order valence-electron chi connectivity index (χ2n) is 9.35. The molecular weight excluding hydrogens is 410 g/mol. The van der Waals surface area contributed by atoms with E-state index in [9.17, 15) is 19.5 Å². The maximum Gasteiger partial charge on any atom is 0.378 e. The van der Waals surface area contributed by atoms with Crippen molar-refractivity contribution in [3.05, 3.63) is 33.8 Å². The molecule has 2 amide bonds. The van der Waals surface area contributed by atoms with Crippen molar-refractivity contribution in [3.63, 3.8) is 0 Å². The minimum absolute atomic E-state index is 0.0806. The Kier molecular flexibility index (Phi) is 6.08. The summed E-state index contributed by atoms with van der Waals surface area (Å²) < 4.78 is 2.98. The zero-order valence-electron chi connectivity index (χ0n) is 18.9. The molecule has 2 aromatic heterocycles. The lowest BCUT2D eigenvalue weighted by Crippen LogP contribution is -2.46. The van der Waals surface area contributed by atoms with Gasteiger partial charge in [-0.2, -0.15) is 4.57 Å². The van der Waals surface area contributed by atoms with Crippen molar-refractivity contribution in [2.45, 2.75) is 59.0 Å². The van der Waals surface area contributed by atoms with Crippen molar-refractivity contribution in [3.8, 4) is 5.88 Å². The number of hydrogen-bond acceptors (Lipinski definition) is 4. The van der Waals surface area contributed by atoms with Crippen molar-refractivity contribution in [1.29, 1.82) is 0 Å². The predicted octanol–water partition coefficient (Wildman–Crippen LogP) is 1.44. The number of likely N-dealkylation sites (tertiary alicyclic amines) is 1. The minimum atomic E-state index is -0.565. The summed E-state index contributed by atoms with van der Waals surface area (Å²) in [5, 5.41) is 16.7. The van der Waals surface area contributed by atoms with Crippen molar-refractivity contribution in [2.75, 3.05) is 13.1 Å². The Morgan fingerprint density at radius 1 is 1.28 bits per heavy atom. The molecule has 1 saturated carbocycles. The summed E-state index contributed by atoms with van der Waals surface area (Å²) >= 11 is 0. The lowest BCUT2D eigenvalue weighted by atomic mass is 9.96. The molecule has 32 heavy (non-hydrogen) atoms. The van der Waals surface area contributed by atoms with E-state index in [0.717, 1.165) is 44.3 Å². The molecule has 3 N–H and O–H groups in total. The highest BCUT2D eigenvalue weighted by Crippen LogP contribution is 2.22. The lowest BCUT2D eigenvalue weighted by Gasteiger charge is -2.29. The molecule has 0 spiro atoms. The molecule has 2 aromatic rings. The summed E-state index contributed by atoms with van der Waals surface area (Å²) in [4.78, 5) is 39.2. The molecule has 2 fully saturated rings. The zero-order chi connectivity index (χ0) is 23.0. The van der Waals surface area contributed by atoms with Crippen molar-refractivity contribution < 1.29 is 19.3 Å². The van der Waals surface area contributed by atoms with Crippen molar-refractivity contribution in [1.82, 2.24) is 19.8 Å². The summed E-state index contributed by atoms with van der Waals surface area (Å²) in [7, 11) is 0. The Morgan fingerprint density at radius 3 is 2.56 bits per heavy atom.